The number of benzene rings is 2. The first-order valence-electron chi connectivity index (χ1n) is 9.98. The number of imidazole rings is 1. The Morgan fingerprint density at radius 1 is 1.10 bits per heavy atom. The van der Waals surface area contributed by atoms with Gasteiger partial charge in [-0.05, 0) is 41.3 Å². The standard InChI is InChI=1S/C24H24N4O2/c1-4-21-27-22-15(2)13-20(25-3)26-23(22)28(21)14-16-9-11-17(12-10-16)18-7-5-6-8-19(18)24(29)30/h5-13H,4,14H2,1-3H3,(H,25,26)(H,29,30). The maximum Gasteiger partial charge on any atom is 0.336 e. The number of aromatic nitrogens is 3. The first kappa shape index (κ1) is 19.6. The summed E-state index contributed by atoms with van der Waals surface area (Å²) in [5.74, 6) is 0.896. The summed E-state index contributed by atoms with van der Waals surface area (Å²) in [5.41, 5.74) is 5.91. The highest BCUT2D eigenvalue weighted by atomic mass is 16.4. The summed E-state index contributed by atoms with van der Waals surface area (Å²) in [7, 11) is 1.86. The Kier molecular flexibility index (Phi) is 5.23. The lowest BCUT2D eigenvalue weighted by Gasteiger charge is -2.11. The second-order valence-corrected chi connectivity index (χ2v) is 7.26. The van der Waals surface area contributed by atoms with Crippen molar-refractivity contribution in [3.05, 3.63) is 77.1 Å². The molecule has 0 spiro atoms. The molecule has 2 aromatic carbocycles. The molecule has 2 N–H and O–H groups in total. The minimum Gasteiger partial charge on any atom is -0.478 e. The number of pyridine rings is 1. The molecule has 2 heterocycles. The number of anilines is 1. The van der Waals surface area contributed by atoms with Crippen LogP contribution in [0.15, 0.2) is 54.6 Å². The second kappa shape index (κ2) is 7.99. The molecule has 0 saturated heterocycles. The predicted molar refractivity (Wildman–Crippen MR) is 119 cm³/mol. The highest BCUT2D eigenvalue weighted by Crippen LogP contribution is 2.26. The normalized spacial score (nSPS) is 11.0. The Hall–Kier alpha value is -3.67. The Morgan fingerprint density at radius 2 is 1.83 bits per heavy atom. The van der Waals surface area contributed by atoms with E-state index in [0.29, 0.717) is 12.1 Å². The van der Waals surface area contributed by atoms with Crippen molar-refractivity contribution in [2.45, 2.75) is 26.8 Å². The first-order chi connectivity index (χ1) is 14.5. The molecule has 0 aliphatic rings. The summed E-state index contributed by atoms with van der Waals surface area (Å²) >= 11 is 0. The summed E-state index contributed by atoms with van der Waals surface area (Å²) in [5, 5.41) is 12.6. The molecule has 0 atom stereocenters. The highest BCUT2D eigenvalue weighted by Gasteiger charge is 2.15. The van der Waals surface area contributed by atoms with Crippen LogP contribution in [0.1, 0.15) is 34.2 Å². The van der Waals surface area contributed by atoms with Gasteiger partial charge in [-0.2, -0.15) is 0 Å². The predicted octanol–water partition coefficient (Wildman–Crippen LogP) is 4.76. The minimum atomic E-state index is -0.922. The lowest BCUT2D eigenvalue weighted by Crippen LogP contribution is -2.06. The van der Waals surface area contributed by atoms with Crippen LogP contribution in [0, 0.1) is 6.92 Å². The van der Waals surface area contributed by atoms with Crippen molar-refractivity contribution < 1.29 is 9.90 Å². The van der Waals surface area contributed by atoms with E-state index in [-0.39, 0.29) is 0 Å². The largest absolute Gasteiger partial charge is 0.478 e. The van der Waals surface area contributed by atoms with Crippen LogP contribution in [0.25, 0.3) is 22.3 Å². The van der Waals surface area contributed by atoms with Crippen LogP contribution in [-0.2, 0) is 13.0 Å². The van der Waals surface area contributed by atoms with Gasteiger partial charge in [0.2, 0.25) is 0 Å². The quantitative estimate of drug-likeness (QED) is 0.488. The number of rotatable bonds is 6. The number of nitrogens with zero attached hydrogens (tertiary/aromatic N) is 3. The van der Waals surface area contributed by atoms with E-state index in [4.69, 9.17) is 9.97 Å². The van der Waals surface area contributed by atoms with Gasteiger partial charge >= 0.3 is 5.97 Å². The Morgan fingerprint density at radius 3 is 2.50 bits per heavy atom. The van der Waals surface area contributed by atoms with Crippen molar-refractivity contribution in [2.24, 2.45) is 0 Å². The van der Waals surface area contributed by atoms with Crippen LogP contribution >= 0.6 is 0 Å². The van der Waals surface area contributed by atoms with Crippen LogP contribution in [0.2, 0.25) is 0 Å². The van der Waals surface area contributed by atoms with Crippen molar-refractivity contribution in [3.63, 3.8) is 0 Å². The molecule has 6 nitrogen and oxygen atoms in total. The van der Waals surface area contributed by atoms with E-state index in [9.17, 15) is 9.90 Å². The highest BCUT2D eigenvalue weighted by molar-refractivity contribution is 5.96. The molecule has 0 aliphatic heterocycles. The minimum absolute atomic E-state index is 0.304. The lowest BCUT2D eigenvalue weighted by molar-refractivity contribution is 0.0697. The van der Waals surface area contributed by atoms with Gasteiger partial charge < -0.3 is 15.0 Å². The van der Waals surface area contributed by atoms with E-state index in [1.807, 2.05) is 49.5 Å². The van der Waals surface area contributed by atoms with Crippen molar-refractivity contribution in [1.82, 2.24) is 14.5 Å². The lowest BCUT2D eigenvalue weighted by atomic mass is 9.99. The monoisotopic (exact) mass is 400 g/mol. The van der Waals surface area contributed by atoms with E-state index in [1.54, 1.807) is 12.1 Å². The molecular weight excluding hydrogens is 376 g/mol. The van der Waals surface area contributed by atoms with Crippen LogP contribution in [0.5, 0.6) is 0 Å². The molecule has 4 rings (SSSR count). The smallest absolute Gasteiger partial charge is 0.336 e. The first-order valence-corrected chi connectivity index (χ1v) is 9.98. The van der Waals surface area contributed by atoms with Crippen LogP contribution in [0.4, 0.5) is 5.82 Å². The zero-order chi connectivity index (χ0) is 21.3. The summed E-state index contributed by atoms with van der Waals surface area (Å²) in [6.07, 6.45) is 0.814. The fraction of sp³-hybridized carbons (Fsp3) is 0.208. The maximum atomic E-state index is 11.5. The molecule has 152 valence electrons. The van der Waals surface area contributed by atoms with Gasteiger partial charge in [-0.25, -0.2) is 14.8 Å². The van der Waals surface area contributed by atoms with Gasteiger partial charge in [-0.3, -0.25) is 0 Å². The third kappa shape index (κ3) is 3.52. The molecule has 4 aromatic rings. The van der Waals surface area contributed by atoms with E-state index >= 15 is 0 Å². The Labute approximate surface area is 175 Å². The van der Waals surface area contributed by atoms with Gasteiger partial charge in [0.25, 0.3) is 0 Å². The number of carboxylic acids is 1. The molecule has 0 saturated carbocycles. The van der Waals surface area contributed by atoms with Gasteiger partial charge in [-0.15, -0.1) is 0 Å². The van der Waals surface area contributed by atoms with Crippen LogP contribution < -0.4 is 5.32 Å². The Bertz CT molecular complexity index is 1230. The van der Waals surface area contributed by atoms with Crippen molar-refractivity contribution in [1.29, 1.82) is 0 Å². The summed E-state index contributed by atoms with van der Waals surface area (Å²) < 4.78 is 2.16. The van der Waals surface area contributed by atoms with Gasteiger partial charge in [0.05, 0.1) is 12.1 Å². The number of carboxylic acid groups (broad SMARTS) is 1. The molecule has 6 heteroatoms. The molecule has 0 unspecified atom stereocenters. The zero-order valence-electron chi connectivity index (χ0n) is 17.3. The van der Waals surface area contributed by atoms with Gasteiger partial charge in [0, 0.05) is 13.5 Å². The Balaban J connectivity index is 1.71. The molecule has 0 bridgehead atoms. The summed E-state index contributed by atoms with van der Waals surface area (Å²) in [6, 6.07) is 17.1. The zero-order valence-corrected chi connectivity index (χ0v) is 17.3. The van der Waals surface area contributed by atoms with Crippen molar-refractivity contribution in [2.75, 3.05) is 12.4 Å². The number of nitrogens with one attached hydrogen (secondary N) is 1. The number of aromatic carboxylic acids is 1. The molecule has 0 fully saturated rings. The van der Waals surface area contributed by atoms with Crippen molar-refractivity contribution >= 4 is 23.0 Å². The van der Waals surface area contributed by atoms with E-state index in [2.05, 4.69) is 23.7 Å². The second-order valence-electron chi connectivity index (χ2n) is 7.26. The topological polar surface area (TPSA) is 80.0 Å². The summed E-state index contributed by atoms with van der Waals surface area (Å²) in [4.78, 5) is 21.1. The third-order valence-corrected chi connectivity index (χ3v) is 5.31. The number of hydrogen-bond donors (Lipinski definition) is 2. The fourth-order valence-electron chi connectivity index (χ4n) is 3.74. The molecule has 0 radical (unpaired) electrons. The number of hydrogen-bond acceptors (Lipinski definition) is 4. The van der Waals surface area contributed by atoms with E-state index in [0.717, 1.165) is 51.5 Å². The van der Waals surface area contributed by atoms with Crippen LogP contribution in [0.3, 0.4) is 0 Å². The molecule has 0 aliphatic carbocycles. The third-order valence-electron chi connectivity index (χ3n) is 5.31. The fourth-order valence-corrected chi connectivity index (χ4v) is 3.74. The van der Waals surface area contributed by atoms with Crippen molar-refractivity contribution in [3.8, 4) is 11.1 Å². The molecule has 2 aromatic heterocycles. The number of carbonyl (C=O) groups is 1. The molecule has 0 amide bonds. The van der Waals surface area contributed by atoms with Crippen LogP contribution in [-0.4, -0.2) is 32.7 Å². The SMILES string of the molecule is CCc1nc2c(C)cc(NC)nc2n1Cc1ccc(-c2ccccc2C(=O)O)cc1. The molecular formula is C24H24N4O2. The van der Waals surface area contributed by atoms with E-state index in [1.165, 1.54) is 0 Å². The average molecular weight is 400 g/mol. The van der Waals surface area contributed by atoms with Gasteiger partial charge in [0.15, 0.2) is 5.65 Å². The van der Waals surface area contributed by atoms with Gasteiger partial charge in [-0.1, -0.05) is 49.4 Å². The number of fused-ring (bicyclic) bond motifs is 1. The summed E-state index contributed by atoms with van der Waals surface area (Å²) in [6.45, 7) is 4.80. The molecule has 30 heavy (non-hydrogen) atoms. The maximum absolute atomic E-state index is 11.5. The average Bonchev–Trinajstić information content (AvgIpc) is 3.12. The van der Waals surface area contributed by atoms with Gasteiger partial charge in [0.1, 0.15) is 17.2 Å². The number of aryl methyl sites for hydroxylation is 2. The van der Waals surface area contributed by atoms with E-state index < -0.39 is 5.97 Å².